The highest BCUT2D eigenvalue weighted by molar-refractivity contribution is 7.81. The lowest BCUT2D eigenvalue weighted by Crippen LogP contribution is -2.50. The Morgan fingerprint density at radius 3 is 2.39 bits per heavy atom. The number of anilines is 1. The van der Waals surface area contributed by atoms with Crippen LogP contribution in [0.5, 0.6) is 0 Å². The zero-order valence-electron chi connectivity index (χ0n) is 18.2. The van der Waals surface area contributed by atoms with Crippen LogP contribution in [0.15, 0.2) is 48.8 Å². The van der Waals surface area contributed by atoms with Gasteiger partial charge in [0, 0.05) is 42.0 Å². The van der Waals surface area contributed by atoms with Crippen molar-refractivity contribution in [3.63, 3.8) is 0 Å². The number of pyridine rings is 1. The molecular weight excluding hydrogens is 411 g/mol. The van der Waals surface area contributed by atoms with E-state index in [1.54, 1.807) is 24.5 Å². The van der Waals surface area contributed by atoms with Crippen molar-refractivity contribution in [3.05, 3.63) is 60.2 Å². The molecule has 0 radical (unpaired) electrons. The molecule has 2 unspecified atom stereocenters. The Bertz CT molecular complexity index is 838. The van der Waals surface area contributed by atoms with Gasteiger partial charge >= 0.3 is 0 Å². The number of rotatable bonds is 8. The summed E-state index contributed by atoms with van der Waals surface area (Å²) < 4.78 is 13.2. The van der Waals surface area contributed by atoms with Crippen molar-refractivity contribution < 1.29 is 9.18 Å². The molecule has 2 aromatic rings. The minimum absolute atomic E-state index is 0.0142. The first kappa shape index (κ1) is 23.7. The number of nitrogens with two attached hydrogens (primary N) is 1. The van der Waals surface area contributed by atoms with E-state index in [0.29, 0.717) is 12.5 Å². The summed E-state index contributed by atoms with van der Waals surface area (Å²) in [6.07, 6.45) is 6.82. The summed E-state index contributed by atoms with van der Waals surface area (Å²) in [6, 6.07) is 10.1. The van der Waals surface area contributed by atoms with Crippen molar-refractivity contribution in [2.75, 3.05) is 11.9 Å². The third-order valence-corrected chi connectivity index (χ3v) is 6.91. The number of nitrogens with one attached hydrogen (secondary N) is 2. The van der Waals surface area contributed by atoms with Gasteiger partial charge in [0.15, 0.2) is 0 Å². The summed E-state index contributed by atoms with van der Waals surface area (Å²) in [5.74, 6) is 0.181. The first-order valence-electron chi connectivity index (χ1n) is 10.9. The predicted octanol–water partition coefficient (Wildman–Crippen LogP) is 4.12. The van der Waals surface area contributed by atoms with Gasteiger partial charge in [0.2, 0.25) is 5.91 Å². The van der Waals surface area contributed by atoms with Crippen molar-refractivity contribution in [1.82, 2.24) is 10.3 Å². The molecular formula is C24H33FN4OS. The van der Waals surface area contributed by atoms with Crippen molar-refractivity contribution in [3.8, 4) is 0 Å². The minimum Gasteiger partial charge on any atom is -0.326 e. The molecule has 5 nitrogen and oxygen atoms in total. The van der Waals surface area contributed by atoms with E-state index in [4.69, 9.17) is 18.4 Å². The average Bonchev–Trinajstić information content (AvgIpc) is 2.78. The largest absolute Gasteiger partial charge is 0.326 e. The molecule has 1 amide bonds. The summed E-state index contributed by atoms with van der Waals surface area (Å²) in [5, 5.41) is 6.29. The topological polar surface area (TPSA) is 80.0 Å². The molecule has 0 aliphatic heterocycles. The van der Waals surface area contributed by atoms with Crippen LogP contribution in [0, 0.1) is 17.7 Å². The van der Waals surface area contributed by atoms with E-state index < -0.39 is 0 Å². The van der Waals surface area contributed by atoms with E-state index in [-0.39, 0.29) is 34.5 Å². The van der Waals surface area contributed by atoms with Crippen molar-refractivity contribution in [2.24, 2.45) is 17.6 Å². The average molecular weight is 445 g/mol. The number of aromatic nitrogens is 1. The molecule has 3 rings (SSSR count). The maximum Gasteiger partial charge on any atom is 0.227 e. The lowest BCUT2D eigenvalue weighted by atomic mass is 9.78. The van der Waals surface area contributed by atoms with E-state index in [1.807, 2.05) is 12.1 Å². The van der Waals surface area contributed by atoms with Gasteiger partial charge < -0.3 is 16.4 Å². The number of nitrogens with zero attached hydrogens (tertiary/aromatic N) is 1. The zero-order valence-corrected chi connectivity index (χ0v) is 19.1. The Hall–Kier alpha value is -1.96. The first-order valence-corrected chi connectivity index (χ1v) is 11.4. The van der Waals surface area contributed by atoms with Gasteiger partial charge in [-0.2, -0.15) is 12.6 Å². The van der Waals surface area contributed by atoms with Gasteiger partial charge in [-0.05, 0) is 61.4 Å². The van der Waals surface area contributed by atoms with Crippen molar-refractivity contribution in [1.29, 1.82) is 0 Å². The molecule has 1 heterocycles. The molecule has 1 aliphatic carbocycles. The normalized spacial score (nSPS) is 21.3. The number of thiol groups is 1. The summed E-state index contributed by atoms with van der Waals surface area (Å²) in [6.45, 7) is 4.92. The van der Waals surface area contributed by atoms with E-state index in [0.717, 1.165) is 36.9 Å². The molecule has 0 spiro atoms. The molecule has 0 saturated heterocycles. The first-order chi connectivity index (χ1) is 14.8. The van der Waals surface area contributed by atoms with Crippen LogP contribution in [-0.2, 0) is 10.2 Å². The van der Waals surface area contributed by atoms with Crippen molar-refractivity contribution in [2.45, 2.75) is 56.4 Å². The maximum absolute atomic E-state index is 13.2. The molecule has 1 aromatic heterocycles. The summed E-state index contributed by atoms with van der Waals surface area (Å²) >= 11 is 4.72. The second kappa shape index (κ2) is 10.6. The monoisotopic (exact) mass is 444 g/mol. The fourth-order valence-electron chi connectivity index (χ4n) is 4.20. The molecule has 7 heteroatoms. The van der Waals surface area contributed by atoms with E-state index >= 15 is 0 Å². The Kier molecular flexibility index (Phi) is 8.08. The highest BCUT2D eigenvalue weighted by Crippen LogP contribution is 2.32. The Balaban J connectivity index is 1.45. The van der Waals surface area contributed by atoms with Crippen LogP contribution >= 0.6 is 12.6 Å². The molecule has 31 heavy (non-hydrogen) atoms. The molecule has 1 aromatic carbocycles. The van der Waals surface area contributed by atoms with Crippen LogP contribution in [-0.4, -0.2) is 28.9 Å². The van der Waals surface area contributed by atoms with Gasteiger partial charge in [-0.1, -0.05) is 26.0 Å². The van der Waals surface area contributed by atoms with Crippen LogP contribution in [0.25, 0.3) is 0 Å². The van der Waals surface area contributed by atoms with Crippen LogP contribution < -0.4 is 16.4 Å². The SMILES string of the molecule is CC(C)(CNC(S)C(N)C1CCC(C(=O)Nc2ccncc2)CC1)c1ccc(F)cc1. The number of hydrogen-bond acceptors (Lipinski definition) is 5. The Morgan fingerprint density at radius 1 is 1.16 bits per heavy atom. The van der Waals surface area contributed by atoms with Gasteiger partial charge in [0.25, 0.3) is 0 Å². The molecule has 1 aliphatic rings. The fraction of sp³-hybridized carbons (Fsp3) is 0.500. The number of amides is 1. The Labute approximate surface area is 189 Å². The van der Waals surface area contributed by atoms with Gasteiger partial charge in [0.05, 0.1) is 5.37 Å². The lowest BCUT2D eigenvalue weighted by molar-refractivity contribution is -0.121. The molecule has 4 N–H and O–H groups in total. The van der Waals surface area contributed by atoms with Gasteiger partial charge in [-0.3, -0.25) is 9.78 Å². The molecule has 0 bridgehead atoms. The lowest BCUT2D eigenvalue weighted by Gasteiger charge is -2.35. The molecule has 2 atom stereocenters. The quantitative estimate of drug-likeness (QED) is 0.365. The third kappa shape index (κ3) is 6.51. The molecule has 1 fully saturated rings. The second-order valence-electron chi connectivity index (χ2n) is 9.13. The van der Waals surface area contributed by atoms with Crippen LogP contribution in [0.4, 0.5) is 10.1 Å². The van der Waals surface area contributed by atoms with Crippen molar-refractivity contribution >= 4 is 24.2 Å². The van der Waals surface area contributed by atoms with Crippen LogP contribution in [0.1, 0.15) is 45.1 Å². The zero-order chi connectivity index (χ0) is 22.4. The highest BCUT2D eigenvalue weighted by atomic mass is 32.1. The number of halogens is 1. The summed E-state index contributed by atoms with van der Waals surface area (Å²) in [4.78, 5) is 16.5. The van der Waals surface area contributed by atoms with E-state index in [9.17, 15) is 9.18 Å². The predicted molar refractivity (Wildman–Crippen MR) is 126 cm³/mol. The highest BCUT2D eigenvalue weighted by Gasteiger charge is 2.32. The number of carbonyl (C=O) groups is 1. The second-order valence-corrected chi connectivity index (χ2v) is 9.69. The number of benzene rings is 1. The van der Waals surface area contributed by atoms with E-state index in [1.165, 1.54) is 12.1 Å². The number of carbonyl (C=O) groups excluding carboxylic acids is 1. The third-order valence-electron chi connectivity index (χ3n) is 6.38. The fourth-order valence-corrected chi connectivity index (χ4v) is 4.54. The smallest absolute Gasteiger partial charge is 0.227 e. The van der Waals surface area contributed by atoms with Gasteiger partial charge in [0.1, 0.15) is 5.82 Å². The minimum atomic E-state index is -0.230. The van der Waals surface area contributed by atoms with E-state index in [2.05, 4.69) is 29.5 Å². The molecule has 1 saturated carbocycles. The Morgan fingerprint density at radius 2 is 1.77 bits per heavy atom. The molecule has 168 valence electrons. The van der Waals surface area contributed by atoms with Gasteiger partial charge in [-0.15, -0.1) is 0 Å². The van der Waals surface area contributed by atoms with Crippen LogP contribution in [0.2, 0.25) is 0 Å². The summed E-state index contributed by atoms with van der Waals surface area (Å²) in [5.41, 5.74) is 8.21. The van der Waals surface area contributed by atoms with Gasteiger partial charge in [-0.25, -0.2) is 4.39 Å². The standard InChI is InChI=1S/C24H33FN4OS/c1-24(2,18-7-9-19(25)10-8-18)15-28-23(31)21(26)16-3-5-17(6-4-16)22(30)29-20-11-13-27-14-12-20/h7-14,16-17,21,23,28,31H,3-6,15,26H2,1-2H3,(H,27,29,30). The number of hydrogen-bond donors (Lipinski definition) is 4. The van der Waals surface area contributed by atoms with Crippen LogP contribution in [0.3, 0.4) is 0 Å². The summed E-state index contributed by atoms with van der Waals surface area (Å²) in [7, 11) is 0. The maximum atomic E-state index is 13.2.